The first-order valence-corrected chi connectivity index (χ1v) is 9.77. The fraction of sp³-hybridized carbons (Fsp3) is 0.600. The van der Waals surface area contributed by atoms with Crippen molar-refractivity contribution < 1.29 is 9.59 Å². The number of benzene rings is 1. The molecule has 1 aliphatic rings. The van der Waals surface area contributed by atoms with Gasteiger partial charge in [-0.05, 0) is 89.2 Å². The number of nitrogens with two attached hydrogens (primary N) is 1. The van der Waals surface area contributed by atoms with E-state index in [-0.39, 0.29) is 0 Å². The van der Waals surface area contributed by atoms with Crippen LogP contribution in [-0.4, -0.2) is 68.4 Å². The molecule has 0 saturated heterocycles. The zero-order valence-corrected chi connectivity index (χ0v) is 16.6. The molecule has 150 valence electrons. The van der Waals surface area contributed by atoms with Gasteiger partial charge in [0, 0.05) is 18.8 Å². The third-order valence-corrected chi connectivity index (χ3v) is 4.84. The lowest BCUT2D eigenvalue weighted by molar-refractivity contribution is -0.136. The SMILES string of the molecule is CN(CCCN)CCCNC(=O)C(=O)Nc1ccc2c(c1)CN(C)CCC2. The molecule has 7 heteroatoms. The molecular formula is C20H33N5O2. The first-order chi connectivity index (χ1) is 13.0. The second-order valence-electron chi connectivity index (χ2n) is 7.33. The second kappa shape index (κ2) is 11.0. The molecule has 1 aliphatic heterocycles. The summed E-state index contributed by atoms with van der Waals surface area (Å²) in [4.78, 5) is 28.6. The van der Waals surface area contributed by atoms with Gasteiger partial charge in [-0.15, -0.1) is 0 Å². The van der Waals surface area contributed by atoms with Gasteiger partial charge in [-0.3, -0.25) is 9.59 Å². The molecule has 1 aromatic rings. The third-order valence-electron chi connectivity index (χ3n) is 4.84. The summed E-state index contributed by atoms with van der Waals surface area (Å²) in [7, 11) is 4.13. The number of fused-ring (bicyclic) bond motifs is 1. The highest BCUT2D eigenvalue weighted by Crippen LogP contribution is 2.21. The molecule has 0 saturated carbocycles. The van der Waals surface area contributed by atoms with Crippen molar-refractivity contribution in [2.75, 3.05) is 52.1 Å². The van der Waals surface area contributed by atoms with Crippen LogP contribution in [0.4, 0.5) is 5.69 Å². The van der Waals surface area contributed by atoms with Crippen LogP contribution in [0, 0.1) is 0 Å². The molecular weight excluding hydrogens is 342 g/mol. The summed E-state index contributed by atoms with van der Waals surface area (Å²) < 4.78 is 0. The zero-order chi connectivity index (χ0) is 19.6. The molecule has 1 heterocycles. The van der Waals surface area contributed by atoms with E-state index in [1.165, 1.54) is 11.1 Å². The van der Waals surface area contributed by atoms with Gasteiger partial charge >= 0.3 is 11.8 Å². The maximum Gasteiger partial charge on any atom is 0.313 e. The fourth-order valence-corrected chi connectivity index (χ4v) is 3.30. The Morgan fingerprint density at radius 3 is 2.74 bits per heavy atom. The van der Waals surface area contributed by atoms with E-state index in [0.29, 0.717) is 18.8 Å². The molecule has 0 unspecified atom stereocenters. The molecule has 0 radical (unpaired) electrons. The predicted octanol–water partition coefficient (Wildman–Crippen LogP) is 0.790. The normalized spacial score (nSPS) is 14.5. The third kappa shape index (κ3) is 7.28. The Bertz CT molecular complexity index is 635. The van der Waals surface area contributed by atoms with Gasteiger partial charge in [0.2, 0.25) is 0 Å². The molecule has 0 aliphatic carbocycles. The summed E-state index contributed by atoms with van der Waals surface area (Å²) in [5, 5.41) is 5.39. The van der Waals surface area contributed by atoms with Gasteiger partial charge in [-0.25, -0.2) is 0 Å². The van der Waals surface area contributed by atoms with E-state index in [1.54, 1.807) is 0 Å². The summed E-state index contributed by atoms with van der Waals surface area (Å²) in [6.45, 7) is 4.90. The predicted molar refractivity (Wildman–Crippen MR) is 109 cm³/mol. The smallest absolute Gasteiger partial charge is 0.313 e. The highest BCUT2D eigenvalue weighted by molar-refractivity contribution is 6.39. The van der Waals surface area contributed by atoms with Crippen LogP contribution in [0.1, 0.15) is 30.4 Å². The van der Waals surface area contributed by atoms with Crippen LogP contribution in [0.3, 0.4) is 0 Å². The van der Waals surface area contributed by atoms with Crippen LogP contribution in [0.2, 0.25) is 0 Å². The number of hydrogen-bond acceptors (Lipinski definition) is 5. The van der Waals surface area contributed by atoms with Crippen LogP contribution in [0.25, 0.3) is 0 Å². The molecule has 4 N–H and O–H groups in total. The van der Waals surface area contributed by atoms with Gasteiger partial charge in [-0.1, -0.05) is 6.07 Å². The monoisotopic (exact) mass is 375 g/mol. The topological polar surface area (TPSA) is 90.7 Å². The lowest BCUT2D eigenvalue weighted by Gasteiger charge is -2.16. The van der Waals surface area contributed by atoms with Gasteiger partial charge in [0.25, 0.3) is 0 Å². The fourth-order valence-electron chi connectivity index (χ4n) is 3.30. The number of hydrogen-bond donors (Lipinski definition) is 3. The molecule has 0 bridgehead atoms. The molecule has 7 nitrogen and oxygen atoms in total. The summed E-state index contributed by atoms with van der Waals surface area (Å²) in [6, 6.07) is 5.91. The Morgan fingerprint density at radius 1 is 1.19 bits per heavy atom. The van der Waals surface area contributed by atoms with E-state index in [1.807, 2.05) is 19.2 Å². The van der Waals surface area contributed by atoms with Crippen LogP contribution in [0.5, 0.6) is 0 Å². The Balaban J connectivity index is 1.77. The highest BCUT2D eigenvalue weighted by Gasteiger charge is 2.16. The number of carbonyl (C=O) groups is 2. The average molecular weight is 376 g/mol. The Morgan fingerprint density at radius 2 is 1.96 bits per heavy atom. The van der Waals surface area contributed by atoms with Crippen molar-refractivity contribution in [1.82, 2.24) is 15.1 Å². The van der Waals surface area contributed by atoms with Crippen molar-refractivity contribution in [3.63, 3.8) is 0 Å². The maximum absolute atomic E-state index is 12.1. The van der Waals surface area contributed by atoms with Gasteiger partial charge in [0.1, 0.15) is 0 Å². The molecule has 0 atom stereocenters. The largest absolute Gasteiger partial charge is 0.348 e. The van der Waals surface area contributed by atoms with Crippen LogP contribution in [0.15, 0.2) is 18.2 Å². The van der Waals surface area contributed by atoms with Crippen LogP contribution in [-0.2, 0) is 22.6 Å². The van der Waals surface area contributed by atoms with Crippen molar-refractivity contribution in [2.45, 2.75) is 32.2 Å². The van der Waals surface area contributed by atoms with Crippen LogP contribution < -0.4 is 16.4 Å². The first-order valence-electron chi connectivity index (χ1n) is 9.77. The lowest BCUT2D eigenvalue weighted by atomic mass is 10.0. The van der Waals surface area contributed by atoms with Crippen molar-refractivity contribution in [1.29, 1.82) is 0 Å². The maximum atomic E-state index is 12.1. The number of amides is 2. The van der Waals surface area contributed by atoms with Crippen molar-refractivity contribution >= 4 is 17.5 Å². The summed E-state index contributed by atoms with van der Waals surface area (Å²) in [6.07, 6.45) is 3.94. The minimum Gasteiger partial charge on any atom is -0.348 e. The average Bonchev–Trinajstić information content (AvgIpc) is 2.83. The number of rotatable bonds is 8. The number of aryl methyl sites for hydroxylation is 1. The number of nitrogens with one attached hydrogen (secondary N) is 2. The second-order valence-corrected chi connectivity index (χ2v) is 7.33. The highest BCUT2D eigenvalue weighted by atomic mass is 16.2. The van der Waals surface area contributed by atoms with E-state index < -0.39 is 11.8 Å². The number of nitrogens with zero attached hydrogens (tertiary/aromatic N) is 2. The molecule has 0 aromatic heterocycles. The Hall–Kier alpha value is -1.96. The lowest BCUT2D eigenvalue weighted by Crippen LogP contribution is -2.37. The standard InChI is InChI=1S/C20H33N5O2/c1-24(12-4-9-21)13-5-10-22-19(26)20(27)23-18-8-7-16-6-3-11-25(2)15-17(16)14-18/h7-8,14H,3-6,9-13,15,21H2,1-2H3,(H,22,26)(H,23,27). The number of carbonyl (C=O) groups excluding carboxylic acids is 2. The van der Waals surface area contributed by atoms with Gasteiger partial charge in [0.15, 0.2) is 0 Å². The van der Waals surface area contributed by atoms with Gasteiger partial charge in [-0.2, -0.15) is 0 Å². The number of anilines is 1. The summed E-state index contributed by atoms with van der Waals surface area (Å²) in [5.41, 5.74) is 8.70. The molecule has 2 rings (SSSR count). The molecule has 0 fully saturated rings. The van der Waals surface area contributed by atoms with E-state index in [2.05, 4.69) is 33.5 Å². The summed E-state index contributed by atoms with van der Waals surface area (Å²) in [5.74, 6) is -1.21. The van der Waals surface area contributed by atoms with Gasteiger partial charge in [0.05, 0.1) is 0 Å². The zero-order valence-electron chi connectivity index (χ0n) is 16.6. The Kier molecular flexibility index (Phi) is 8.71. The first kappa shape index (κ1) is 21.3. The van der Waals surface area contributed by atoms with Crippen LogP contribution >= 0.6 is 0 Å². The van der Waals surface area contributed by atoms with E-state index >= 15 is 0 Å². The minimum atomic E-state index is -0.617. The van der Waals surface area contributed by atoms with Gasteiger partial charge < -0.3 is 26.2 Å². The van der Waals surface area contributed by atoms with Crippen molar-refractivity contribution in [3.8, 4) is 0 Å². The summed E-state index contributed by atoms with van der Waals surface area (Å²) >= 11 is 0. The van der Waals surface area contributed by atoms with E-state index in [9.17, 15) is 9.59 Å². The molecule has 1 aromatic carbocycles. The van der Waals surface area contributed by atoms with E-state index in [0.717, 1.165) is 51.9 Å². The molecule has 0 spiro atoms. The minimum absolute atomic E-state index is 0.480. The quantitative estimate of drug-likeness (QED) is 0.462. The van der Waals surface area contributed by atoms with E-state index in [4.69, 9.17) is 5.73 Å². The molecule has 27 heavy (non-hydrogen) atoms. The van der Waals surface area contributed by atoms with Crippen molar-refractivity contribution in [3.05, 3.63) is 29.3 Å². The molecule has 2 amide bonds. The Labute approximate surface area is 162 Å². The van der Waals surface area contributed by atoms with Crippen molar-refractivity contribution in [2.24, 2.45) is 5.73 Å².